The molecule has 1 aromatic heterocycles. The fourth-order valence-electron chi connectivity index (χ4n) is 1.44. The average Bonchev–Trinajstić information content (AvgIpc) is 2.34. The molecule has 0 saturated heterocycles. The van der Waals surface area contributed by atoms with Crippen molar-refractivity contribution in [2.75, 3.05) is 25.6 Å². The van der Waals surface area contributed by atoms with Crippen LogP contribution in [0.1, 0.15) is 25.0 Å². The van der Waals surface area contributed by atoms with Crippen LogP contribution in [0.4, 0.5) is 5.82 Å². The number of nitrogens with one attached hydrogen (secondary N) is 1. The van der Waals surface area contributed by atoms with Gasteiger partial charge in [-0.2, -0.15) is 0 Å². The smallest absolute Gasteiger partial charge is 0.126 e. The van der Waals surface area contributed by atoms with Gasteiger partial charge in [0.05, 0.1) is 5.69 Å². The Morgan fingerprint density at radius 2 is 2.24 bits per heavy atom. The molecule has 0 atom stereocenters. The van der Waals surface area contributed by atoms with Crippen molar-refractivity contribution in [3.63, 3.8) is 0 Å². The highest BCUT2D eigenvalue weighted by Crippen LogP contribution is 2.05. The minimum atomic E-state index is 0.328. The Bertz CT molecular complexity index is 357. The van der Waals surface area contributed by atoms with Crippen LogP contribution < -0.4 is 11.1 Å². The Morgan fingerprint density at radius 1 is 1.41 bits per heavy atom. The molecule has 0 unspecified atom stereocenters. The third kappa shape index (κ3) is 5.60. The van der Waals surface area contributed by atoms with E-state index in [2.05, 4.69) is 10.3 Å². The minimum Gasteiger partial charge on any atom is -0.388 e. The lowest BCUT2D eigenvalue weighted by molar-refractivity contribution is 0.192. The van der Waals surface area contributed by atoms with Gasteiger partial charge in [0.1, 0.15) is 10.8 Å². The van der Waals surface area contributed by atoms with E-state index in [9.17, 15) is 0 Å². The number of pyridine rings is 1. The predicted molar refractivity (Wildman–Crippen MR) is 74.3 cm³/mol. The van der Waals surface area contributed by atoms with Crippen molar-refractivity contribution in [2.45, 2.75) is 19.3 Å². The lowest BCUT2D eigenvalue weighted by Gasteiger charge is -2.06. The number of hydrogen-bond donors (Lipinski definition) is 2. The first-order valence-electron chi connectivity index (χ1n) is 5.73. The highest BCUT2D eigenvalue weighted by atomic mass is 32.1. The summed E-state index contributed by atoms with van der Waals surface area (Å²) in [7, 11) is 1.73. The zero-order chi connectivity index (χ0) is 12.5. The van der Waals surface area contributed by atoms with E-state index < -0.39 is 0 Å². The summed E-state index contributed by atoms with van der Waals surface area (Å²) in [5.74, 6) is 0.821. The summed E-state index contributed by atoms with van der Waals surface area (Å²) in [6, 6.07) is 5.62. The molecular formula is C12H19N3OS. The van der Waals surface area contributed by atoms with Crippen molar-refractivity contribution in [3.05, 3.63) is 23.9 Å². The molecule has 17 heavy (non-hydrogen) atoms. The van der Waals surface area contributed by atoms with E-state index in [0.29, 0.717) is 10.7 Å². The minimum absolute atomic E-state index is 0.328. The number of aromatic nitrogens is 1. The van der Waals surface area contributed by atoms with Gasteiger partial charge >= 0.3 is 0 Å². The van der Waals surface area contributed by atoms with Crippen LogP contribution in [0.2, 0.25) is 0 Å². The van der Waals surface area contributed by atoms with Crippen LogP contribution >= 0.6 is 12.2 Å². The van der Waals surface area contributed by atoms with Gasteiger partial charge < -0.3 is 15.8 Å². The Kier molecular flexibility index (Phi) is 6.50. The molecule has 1 aromatic rings. The molecule has 94 valence electrons. The molecule has 0 aliphatic rings. The molecule has 0 fully saturated rings. The molecule has 0 aromatic carbocycles. The molecule has 1 heterocycles. The molecule has 0 saturated carbocycles. The summed E-state index contributed by atoms with van der Waals surface area (Å²) in [6.07, 6.45) is 3.34. The summed E-state index contributed by atoms with van der Waals surface area (Å²) in [5, 5.41) is 3.25. The normalized spacial score (nSPS) is 10.2. The van der Waals surface area contributed by atoms with Crippen LogP contribution in [0.3, 0.4) is 0 Å². The first-order valence-corrected chi connectivity index (χ1v) is 6.14. The summed E-state index contributed by atoms with van der Waals surface area (Å²) < 4.78 is 4.99. The summed E-state index contributed by atoms with van der Waals surface area (Å²) >= 11 is 4.88. The lowest BCUT2D eigenvalue weighted by Crippen LogP contribution is -2.13. The molecule has 1 rings (SSSR count). The highest BCUT2D eigenvalue weighted by molar-refractivity contribution is 7.80. The number of nitrogens with zero attached hydrogens (tertiary/aromatic N) is 1. The molecule has 0 bridgehead atoms. The maximum absolute atomic E-state index is 5.52. The number of methoxy groups -OCH3 is 1. The van der Waals surface area contributed by atoms with E-state index in [-0.39, 0.29) is 0 Å². The molecule has 0 spiro atoms. The van der Waals surface area contributed by atoms with Crippen molar-refractivity contribution in [2.24, 2.45) is 5.73 Å². The van der Waals surface area contributed by atoms with Gasteiger partial charge in [0.15, 0.2) is 0 Å². The van der Waals surface area contributed by atoms with Gasteiger partial charge in [-0.15, -0.1) is 0 Å². The van der Waals surface area contributed by atoms with Crippen LogP contribution in [-0.4, -0.2) is 30.2 Å². The maximum atomic E-state index is 5.52. The molecule has 0 aliphatic heterocycles. The zero-order valence-electron chi connectivity index (χ0n) is 10.1. The Labute approximate surface area is 108 Å². The average molecular weight is 253 g/mol. The first-order chi connectivity index (χ1) is 8.24. The van der Waals surface area contributed by atoms with Crippen LogP contribution in [-0.2, 0) is 4.74 Å². The van der Waals surface area contributed by atoms with E-state index in [1.807, 2.05) is 18.2 Å². The predicted octanol–water partition coefficient (Wildman–Crippen LogP) is 1.94. The quantitative estimate of drug-likeness (QED) is 0.548. The number of hydrogen-bond acceptors (Lipinski definition) is 4. The Hall–Kier alpha value is -1.20. The van der Waals surface area contributed by atoms with Gasteiger partial charge in [0, 0.05) is 20.3 Å². The van der Waals surface area contributed by atoms with Crippen LogP contribution in [0.25, 0.3) is 0 Å². The molecule has 4 nitrogen and oxygen atoms in total. The monoisotopic (exact) mass is 253 g/mol. The topological polar surface area (TPSA) is 60.2 Å². The SMILES string of the molecule is COCCCCCNc1cccc(C(N)=S)n1. The van der Waals surface area contributed by atoms with Crippen molar-refractivity contribution in [1.82, 2.24) is 4.98 Å². The summed E-state index contributed by atoms with van der Waals surface area (Å²) in [6.45, 7) is 1.73. The molecule has 0 amide bonds. The van der Waals surface area contributed by atoms with Gasteiger partial charge in [-0.25, -0.2) is 4.98 Å². The number of nitrogens with two attached hydrogens (primary N) is 1. The lowest BCUT2D eigenvalue weighted by atomic mass is 10.2. The second-order valence-electron chi connectivity index (χ2n) is 3.75. The van der Waals surface area contributed by atoms with Gasteiger partial charge in [-0.3, -0.25) is 0 Å². The zero-order valence-corrected chi connectivity index (χ0v) is 10.9. The van der Waals surface area contributed by atoms with Gasteiger partial charge in [0.2, 0.25) is 0 Å². The van der Waals surface area contributed by atoms with Gasteiger partial charge in [-0.1, -0.05) is 18.3 Å². The van der Waals surface area contributed by atoms with E-state index in [4.69, 9.17) is 22.7 Å². The van der Waals surface area contributed by atoms with E-state index >= 15 is 0 Å². The van der Waals surface area contributed by atoms with Gasteiger partial charge in [0.25, 0.3) is 0 Å². The highest BCUT2D eigenvalue weighted by Gasteiger charge is 1.99. The van der Waals surface area contributed by atoms with Crippen LogP contribution in [0, 0.1) is 0 Å². The molecular weight excluding hydrogens is 234 g/mol. The van der Waals surface area contributed by atoms with E-state index in [1.54, 1.807) is 7.11 Å². The fraction of sp³-hybridized carbons (Fsp3) is 0.500. The fourth-order valence-corrected chi connectivity index (χ4v) is 1.55. The first kappa shape index (κ1) is 13.9. The van der Waals surface area contributed by atoms with Crippen molar-refractivity contribution in [1.29, 1.82) is 0 Å². The molecule has 3 N–H and O–H groups in total. The van der Waals surface area contributed by atoms with Crippen molar-refractivity contribution >= 4 is 23.0 Å². The molecule has 5 heteroatoms. The van der Waals surface area contributed by atoms with Crippen LogP contribution in [0.15, 0.2) is 18.2 Å². The maximum Gasteiger partial charge on any atom is 0.126 e. The second kappa shape index (κ2) is 7.97. The largest absolute Gasteiger partial charge is 0.388 e. The number of anilines is 1. The van der Waals surface area contributed by atoms with E-state index in [0.717, 1.165) is 38.2 Å². The third-order valence-corrected chi connectivity index (χ3v) is 2.54. The third-order valence-electron chi connectivity index (χ3n) is 2.33. The van der Waals surface area contributed by atoms with Crippen molar-refractivity contribution < 1.29 is 4.74 Å². The number of unbranched alkanes of at least 4 members (excludes halogenated alkanes) is 2. The molecule has 0 aliphatic carbocycles. The summed E-state index contributed by atoms with van der Waals surface area (Å²) in [4.78, 5) is 4.63. The number of thiocarbonyl (C=S) groups is 1. The summed E-state index contributed by atoms with van der Waals surface area (Å²) in [5.41, 5.74) is 6.18. The van der Waals surface area contributed by atoms with E-state index in [1.165, 1.54) is 0 Å². The van der Waals surface area contributed by atoms with Crippen molar-refractivity contribution in [3.8, 4) is 0 Å². The van der Waals surface area contributed by atoms with Gasteiger partial charge in [-0.05, 0) is 31.4 Å². The standard InChI is InChI=1S/C12H19N3OS/c1-16-9-4-2-3-8-14-11-7-5-6-10(15-11)12(13)17/h5-7H,2-4,8-9H2,1H3,(H2,13,17)(H,14,15). The second-order valence-corrected chi connectivity index (χ2v) is 4.19. The Balaban J connectivity index is 2.27. The number of ether oxygens (including phenoxy) is 1. The Morgan fingerprint density at radius 3 is 2.94 bits per heavy atom. The molecule has 0 radical (unpaired) electrons. The number of rotatable bonds is 8. The van der Waals surface area contributed by atoms with Crippen LogP contribution in [0.5, 0.6) is 0 Å².